The van der Waals surface area contributed by atoms with Gasteiger partial charge in [0, 0.05) is 37.7 Å². The predicted octanol–water partition coefficient (Wildman–Crippen LogP) is 3.51. The molecular formula is C19H32ClIN4O. The van der Waals surface area contributed by atoms with E-state index < -0.39 is 0 Å². The Morgan fingerprint density at radius 1 is 1.19 bits per heavy atom. The second-order valence-electron chi connectivity index (χ2n) is 6.62. The molecule has 1 aliphatic heterocycles. The minimum absolute atomic E-state index is 0. The Hall–Kier alpha value is -0.570. The summed E-state index contributed by atoms with van der Waals surface area (Å²) in [6.45, 7) is 11.9. The van der Waals surface area contributed by atoms with E-state index in [9.17, 15) is 0 Å². The van der Waals surface area contributed by atoms with Gasteiger partial charge in [-0.15, -0.1) is 24.0 Å². The molecule has 0 radical (unpaired) electrons. The second kappa shape index (κ2) is 12.8. The molecule has 148 valence electrons. The van der Waals surface area contributed by atoms with Crippen LogP contribution < -0.4 is 10.6 Å². The van der Waals surface area contributed by atoms with Gasteiger partial charge in [-0.25, -0.2) is 4.99 Å². The smallest absolute Gasteiger partial charge is 0.191 e. The normalized spacial score (nSPS) is 21.2. The van der Waals surface area contributed by atoms with E-state index in [-0.39, 0.29) is 24.0 Å². The van der Waals surface area contributed by atoms with E-state index in [2.05, 4.69) is 41.3 Å². The Labute approximate surface area is 179 Å². The Morgan fingerprint density at radius 2 is 1.85 bits per heavy atom. The fourth-order valence-corrected chi connectivity index (χ4v) is 3.20. The summed E-state index contributed by atoms with van der Waals surface area (Å²) < 4.78 is 5.78. The van der Waals surface area contributed by atoms with Gasteiger partial charge >= 0.3 is 0 Å². The van der Waals surface area contributed by atoms with Crippen LogP contribution in [0.25, 0.3) is 0 Å². The minimum atomic E-state index is 0. The second-order valence-corrected chi connectivity index (χ2v) is 7.06. The van der Waals surface area contributed by atoms with Gasteiger partial charge in [-0.3, -0.25) is 4.90 Å². The highest BCUT2D eigenvalue weighted by Gasteiger charge is 2.21. The number of nitrogens with one attached hydrogen (secondary N) is 2. The third kappa shape index (κ3) is 8.88. The van der Waals surface area contributed by atoms with Gasteiger partial charge in [0.05, 0.1) is 18.8 Å². The van der Waals surface area contributed by atoms with Crippen molar-refractivity contribution in [3.05, 3.63) is 34.9 Å². The van der Waals surface area contributed by atoms with Crippen molar-refractivity contribution in [2.45, 2.75) is 45.9 Å². The number of aliphatic imine (C=N–C) groups is 1. The number of halogens is 2. The van der Waals surface area contributed by atoms with Crippen LogP contribution >= 0.6 is 35.6 Å². The lowest BCUT2D eigenvalue weighted by molar-refractivity contribution is -0.0679. The number of nitrogens with zero attached hydrogens (tertiary/aromatic N) is 2. The molecule has 0 aromatic heterocycles. The van der Waals surface area contributed by atoms with Gasteiger partial charge in [0.25, 0.3) is 0 Å². The van der Waals surface area contributed by atoms with E-state index in [0.717, 1.165) is 55.7 Å². The molecule has 0 amide bonds. The molecule has 2 N–H and O–H groups in total. The minimum Gasteiger partial charge on any atom is -0.373 e. The molecule has 1 aliphatic rings. The summed E-state index contributed by atoms with van der Waals surface area (Å²) >= 11 is 5.92. The van der Waals surface area contributed by atoms with Crippen LogP contribution in [0, 0.1) is 0 Å². The maximum atomic E-state index is 5.92. The predicted molar refractivity (Wildman–Crippen MR) is 121 cm³/mol. The number of rotatable bonds is 7. The van der Waals surface area contributed by atoms with Gasteiger partial charge in [0.2, 0.25) is 0 Å². The molecule has 0 bridgehead atoms. The lowest BCUT2D eigenvalue weighted by Crippen LogP contribution is -2.46. The van der Waals surface area contributed by atoms with E-state index in [1.54, 1.807) is 0 Å². The summed E-state index contributed by atoms with van der Waals surface area (Å²) in [7, 11) is 0. The van der Waals surface area contributed by atoms with Crippen LogP contribution in [0.1, 0.15) is 32.8 Å². The third-order valence-corrected chi connectivity index (χ3v) is 4.37. The summed E-state index contributed by atoms with van der Waals surface area (Å²) in [6.07, 6.45) is 1.75. The first-order valence-corrected chi connectivity index (χ1v) is 9.59. The molecule has 1 saturated heterocycles. The average molecular weight is 495 g/mol. The molecule has 2 rings (SSSR count). The first-order valence-electron chi connectivity index (χ1n) is 9.21. The first kappa shape index (κ1) is 23.5. The summed E-state index contributed by atoms with van der Waals surface area (Å²) in [5.74, 6) is 0.862. The summed E-state index contributed by atoms with van der Waals surface area (Å²) in [4.78, 5) is 7.12. The highest BCUT2D eigenvalue weighted by molar-refractivity contribution is 14.0. The first-order chi connectivity index (χ1) is 12.1. The van der Waals surface area contributed by atoms with Gasteiger partial charge in [-0.05, 0) is 44.9 Å². The maximum Gasteiger partial charge on any atom is 0.191 e. The topological polar surface area (TPSA) is 48.9 Å². The van der Waals surface area contributed by atoms with Crippen LogP contribution in [0.15, 0.2) is 29.3 Å². The lowest BCUT2D eigenvalue weighted by Gasteiger charge is -2.35. The fraction of sp³-hybridized carbons (Fsp3) is 0.632. The number of morpholine rings is 1. The number of hydrogen-bond donors (Lipinski definition) is 2. The molecule has 1 aromatic rings. The highest BCUT2D eigenvalue weighted by Crippen LogP contribution is 2.11. The molecule has 0 saturated carbocycles. The molecule has 5 nitrogen and oxygen atoms in total. The van der Waals surface area contributed by atoms with E-state index in [0.29, 0.717) is 18.8 Å². The molecule has 0 spiro atoms. The van der Waals surface area contributed by atoms with Crippen molar-refractivity contribution in [1.82, 2.24) is 15.5 Å². The third-order valence-electron chi connectivity index (χ3n) is 4.12. The van der Waals surface area contributed by atoms with Crippen LogP contribution in [0.3, 0.4) is 0 Å². The Kier molecular flexibility index (Phi) is 11.5. The van der Waals surface area contributed by atoms with Gasteiger partial charge in [0.15, 0.2) is 5.96 Å². The van der Waals surface area contributed by atoms with Crippen LogP contribution in [-0.4, -0.2) is 55.8 Å². The van der Waals surface area contributed by atoms with Crippen molar-refractivity contribution >= 4 is 41.5 Å². The van der Waals surface area contributed by atoms with Crippen molar-refractivity contribution in [3.8, 4) is 0 Å². The molecule has 1 fully saturated rings. The standard InChI is InChI=1S/C19H31ClN4O.HI/c1-4-21-19(23-12-17-6-8-18(20)9-7-17)22-10-5-11-24-13-15(2)25-16(3)14-24;/h6-9,15-16H,4-5,10-14H2,1-3H3,(H2,21,22,23);1H. The Balaban J connectivity index is 0.00000338. The van der Waals surface area contributed by atoms with Crippen LogP contribution in [-0.2, 0) is 11.3 Å². The zero-order valence-electron chi connectivity index (χ0n) is 16.0. The largest absolute Gasteiger partial charge is 0.373 e. The molecule has 1 heterocycles. The molecule has 2 unspecified atom stereocenters. The Bertz CT molecular complexity index is 531. The number of ether oxygens (including phenoxy) is 1. The molecule has 2 atom stereocenters. The zero-order valence-corrected chi connectivity index (χ0v) is 19.1. The number of hydrogen-bond acceptors (Lipinski definition) is 3. The van der Waals surface area contributed by atoms with Crippen molar-refractivity contribution in [2.75, 3.05) is 32.7 Å². The summed E-state index contributed by atoms with van der Waals surface area (Å²) in [5, 5.41) is 7.47. The van der Waals surface area contributed by atoms with Gasteiger partial charge in [0.1, 0.15) is 0 Å². The SMILES string of the molecule is CCNC(=NCc1ccc(Cl)cc1)NCCCN1CC(C)OC(C)C1.I. The molecule has 1 aromatic carbocycles. The highest BCUT2D eigenvalue weighted by atomic mass is 127. The zero-order chi connectivity index (χ0) is 18.1. The number of benzene rings is 1. The van der Waals surface area contributed by atoms with E-state index in [1.807, 2.05) is 24.3 Å². The van der Waals surface area contributed by atoms with Gasteiger partial charge in [-0.1, -0.05) is 23.7 Å². The summed E-state index contributed by atoms with van der Waals surface area (Å²) in [6, 6.07) is 7.82. The van der Waals surface area contributed by atoms with Crippen LogP contribution in [0.4, 0.5) is 0 Å². The molecular weight excluding hydrogens is 463 g/mol. The lowest BCUT2D eigenvalue weighted by atomic mass is 10.2. The average Bonchev–Trinajstić information content (AvgIpc) is 2.57. The molecule has 0 aliphatic carbocycles. The van der Waals surface area contributed by atoms with Crippen molar-refractivity contribution in [2.24, 2.45) is 4.99 Å². The van der Waals surface area contributed by atoms with E-state index in [1.165, 1.54) is 0 Å². The fourth-order valence-electron chi connectivity index (χ4n) is 3.08. The van der Waals surface area contributed by atoms with Crippen LogP contribution in [0.2, 0.25) is 5.02 Å². The van der Waals surface area contributed by atoms with Crippen molar-refractivity contribution in [1.29, 1.82) is 0 Å². The Morgan fingerprint density at radius 3 is 2.46 bits per heavy atom. The quantitative estimate of drug-likeness (QED) is 0.264. The van der Waals surface area contributed by atoms with Crippen molar-refractivity contribution in [3.63, 3.8) is 0 Å². The maximum absolute atomic E-state index is 5.92. The monoisotopic (exact) mass is 494 g/mol. The van der Waals surface area contributed by atoms with Crippen LogP contribution in [0.5, 0.6) is 0 Å². The van der Waals surface area contributed by atoms with E-state index in [4.69, 9.17) is 16.3 Å². The molecule has 26 heavy (non-hydrogen) atoms. The summed E-state index contributed by atoms with van der Waals surface area (Å²) in [5.41, 5.74) is 1.15. The van der Waals surface area contributed by atoms with Gasteiger partial charge < -0.3 is 15.4 Å². The van der Waals surface area contributed by atoms with Crippen molar-refractivity contribution < 1.29 is 4.74 Å². The molecule has 7 heteroatoms. The van der Waals surface area contributed by atoms with E-state index >= 15 is 0 Å². The number of guanidine groups is 1. The van der Waals surface area contributed by atoms with Gasteiger partial charge in [-0.2, -0.15) is 0 Å².